The molecular weight excluding hydrogens is 474 g/mol. The van der Waals surface area contributed by atoms with Gasteiger partial charge in [0.1, 0.15) is 29.3 Å². The summed E-state index contributed by atoms with van der Waals surface area (Å²) >= 11 is 0. The monoisotopic (exact) mass is 503 g/mol. The average Bonchev–Trinajstić information content (AvgIpc) is 3.34. The van der Waals surface area contributed by atoms with Gasteiger partial charge >= 0.3 is 6.09 Å². The Labute approximate surface area is 214 Å². The number of aryl methyl sites for hydroxylation is 1. The molecule has 4 rings (SSSR count). The number of rotatable bonds is 4. The molecule has 1 aliphatic heterocycles. The number of ether oxygens (including phenoxy) is 1. The Morgan fingerprint density at radius 3 is 2.78 bits per heavy atom. The lowest BCUT2D eigenvalue weighted by Crippen LogP contribution is -2.39. The molecule has 1 aromatic carbocycles. The van der Waals surface area contributed by atoms with E-state index in [1.165, 1.54) is 7.11 Å². The minimum atomic E-state index is -0.632. The van der Waals surface area contributed by atoms with E-state index < -0.39 is 12.1 Å². The number of hydrogen-bond acceptors (Lipinski definition) is 9. The molecule has 0 unspecified atom stereocenters. The van der Waals surface area contributed by atoms with Crippen molar-refractivity contribution < 1.29 is 14.3 Å². The molecule has 12 nitrogen and oxygen atoms in total. The highest BCUT2D eigenvalue weighted by molar-refractivity contribution is 5.91. The van der Waals surface area contributed by atoms with Gasteiger partial charge in [-0.25, -0.2) is 9.78 Å². The van der Waals surface area contributed by atoms with Gasteiger partial charge in [-0.05, 0) is 38.0 Å². The predicted molar refractivity (Wildman–Crippen MR) is 136 cm³/mol. The number of aromatic nitrogens is 4. The van der Waals surface area contributed by atoms with E-state index >= 15 is 0 Å². The number of benzene rings is 1. The van der Waals surface area contributed by atoms with Crippen molar-refractivity contribution in [1.82, 2.24) is 25.3 Å². The second-order valence-electron chi connectivity index (χ2n) is 8.79. The lowest BCUT2D eigenvalue weighted by molar-refractivity contribution is -0.122. The number of amides is 2. The first-order valence-electron chi connectivity index (χ1n) is 11.9. The second kappa shape index (κ2) is 11.5. The molecule has 3 heterocycles. The van der Waals surface area contributed by atoms with Crippen LogP contribution in [0.1, 0.15) is 54.6 Å². The number of nitrogens with two attached hydrogens (primary N) is 1. The Kier molecular flexibility index (Phi) is 7.95. The molecule has 2 aromatic heterocycles. The molecule has 192 valence electrons. The molecule has 0 radical (unpaired) electrons. The van der Waals surface area contributed by atoms with Crippen molar-refractivity contribution >= 4 is 23.4 Å². The number of aromatic amines is 1. The minimum Gasteiger partial charge on any atom is -0.453 e. The van der Waals surface area contributed by atoms with Crippen LogP contribution in [-0.2, 0) is 16.1 Å². The van der Waals surface area contributed by atoms with Crippen LogP contribution in [0.4, 0.5) is 16.2 Å². The van der Waals surface area contributed by atoms with E-state index in [4.69, 9.17) is 10.5 Å². The van der Waals surface area contributed by atoms with Crippen LogP contribution in [-0.4, -0.2) is 45.1 Å². The summed E-state index contributed by atoms with van der Waals surface area (Å²) in [5.74, 6) is 0.313. The molecule has 37 heavy (non-hydrogen) atoms. The van der Waals surface area contributed by atoms with Crippen LogP contribution in [0.2, 0.25) is 0 Å². The van der Waals surface area contributed by atoms with Crippen molar-refractivity contribution in [3.63, 3.8) is 0 Å². The first-order chi connectivity index (χ1) is 17.9. The number of carbonyl (C=O) groups is 2. The average molecular weight is 504 g/mol. The summed E-state index contributed by atoms with van der Waals surface area (Å²) in [4.78, 5) is 41.3. The molecule has 0 spiro atoms. The van der Waals surface area contributed by atoms with Crippen LogP contribution in [0.5, 0.6) is 0 Å². The fraction of sp³-hybridized carbons (Fsp3) is 0.360. The van der Waals surface area contributed by atoms with Gasteiger partial charge in [0.05, 0.1) is 37.3 Å². The van der Waals surface area contributed by atoms with Gasteiger partial charge in [-0.1, -0.05) is 12.8 Å². The number of fused-ring (bicyclic) bond motifs is 4. The number of hydrogen-bond donors (Lipinski definition) is 5. The summed E-state index contributed by atoms with van der Waals surface area (Å²) in [6.07, 6.45) is 5.34. The van der Waals surface area contributed by atoms with Crippen molar-refractivity contribution in [3.05, 3.63) is 53.5 Å². The molecule has 0 saturated heterocycles. The molecule has 1 aliphatic rings. The van der Waals surface area contributed by atoms with Crippen LogP contribution in [0.25, 0.3) is 11.3 Å². The fourth-order valence-electron chi connectivity index (χ4n) is 4.08. The van der Waals surface area contributed by atoms with Crippen LogP contribution >= 0.6 is 0 Å². The highest BCUT2D eigenvalue weighted by Gasteiger charge is 2.25. The third-order valence-corrected chi connectivity index (χ3v) is 6.07. The number of H-pyrrole nitrogens is 1. The SMILES string of the molecule is COC(=O)Nc1ccc2c(c1)N[C@@H](C(=O)NCc1cnc(C)cn1)CCCC[C@H](N)c1nc-2c(C#N)[nH]1. The molecule has 0 fully saturated rings. The molecule has 3 aromatic rings. The van der Waals surface area contributed by atoms with Gasteiger partial charge < -0.3 is 26.1 Å². The zero-order chi connectivity index (χ0) is 26.4. The first kappa shape index (κ1) is 25.6. The molecular formula is C25H29N9O3. The number of imidazole rings is 1. The number of carbonyl (C=O) groups excluding carboxylic acids is 2. The van der Waals surface area contributed by atoms with E-state index in [1.807, 2.05) is 6.92 Å². The quantitative estimate of drug-likeness (QED) is 0.357. The zero-order valence-electron chi connectivity index (χ0n) is 20.7. The zero-order valence-corrected chi connectivity index (χ0v) is 20.7. The van der Waals surface area contributed by atoms with Crippen molar-refractivity contribution in [3.8, 4) is 17.3 Å². The summed E-state index contributed by atoms with van der Waals surface area (Å²) in [5.41, 5.74) is 10.0. The van der Waals surface area contributed by atoms with Gasteiger partial charge in [0.25, 0.3) is 0 Å². The summed E-state index contributed by atoms with van der Waals surface area (Å²) < 4.78 is 4.70. The predicted octanol–water partition coefficient (Wildman–Crippen LogP) is 2.90. The summed E-state index contributed by atoms with van der Waals surface area (Å²) in [6, 6.07) is 6.24. The summed E-state index contributed by atoms with van der Waals surface area (Å²) in [6.45, 7) is 2.07. The van der Waals surface area contributed by atoms with Gasteiger partial charge in [-0.3, -0.25) is 20.1 Å². The number of methoxy groups -OCH3 is 1. The van der Waals surface area contributed by atoms with Crippen molar-refractivity contribution in [2.24, 2.45) is 5.73 Å². The highest BCUT2D eigenvalue weighted by Crippen LogP contribution is 2.34. The van der Waals surface area contributed by atoms with E-state index in [2.05, 4.69) is 42.0 Å². The molecule has 2 bridgehead atoms. The van der Waals surface area contributed by atoms with E-state index in [0.717, 1.165) is 18.5 Å². The number of nitrogens with zero attached hydrogens (tertiary/aromatic N) is 4. The minimum absolute atomic E-state index is 0.218. The maximum absolute atomic E-state index is 13.3. The largest absolute Gasteiger partial charge is 0.453 e. The third kappa shape index (κ3) is 6.20. The molecule has 12 heteroatoms. The van der Waals surface area contributed by atoms with E-state index in [9.17, 15) is 14.9 Å². The van der Waals surface area contributed by atoms with Gasteiger partial charge in [-0.2, -0.15) is 5.26 Å². The van der Waals surface area contributed by atoms with Crippen LogP contribution < -0.4 is 21.7 Å². The van der Waals surface area contributed by atoms with E-state index in [-0.39, 0.29) is 24.2 Å². The van der Waals surface area contributed by atoms with E-state index in [1.54, 1.807) is 30.6 Å². The Morgan fingerprint density at radius 2 is 2.05 bits per heavy atom. The maximum atomic E-state index is 13.3. The smallest absolute Gasteiger partial charge is 0.411 e. The highest BCUT2D eigenvalue weighted by atomic mass is 16.5. The Morgan fingerprint density at radius 1 is 1.24 bits per heavy atom. The van der Waals surface area contributed by atoms with Crippen LogP contribution in [0.15, 0.2) is 30.6 Å². The first-order valence-corrected chi connectivity index (χ1v) is 11.9. The summed E-state index contributed by atoms with van der Waals surface area (Å²) in [5, 5.41) is 18.6. The van der Waals surface area contributed by atoms with Crippen molar-refractivity contribution in [1.29, 1.82) is 5.26 Å². The number of anilines is 2. The lowest BCUT2D eigenvalue weighted by Gasteiger charge is -2.22. The molecule has 6 N–H and O–H groups in total. The lowest BCUT2D eigenvalue weighted by atomic mass is 10.0. The molecule has 2 atom stereocenters. The normalized spacial score (nSPS) is 17.1. The van der Waals surface area contributed by atoms with E-state index in [0.29, 0.717) is 47.0 Å². The van der Waals surface area contributed by atoms with Gasteiger partial charge in [0, 0.05) is 23.1 Å². The Hall–Kier alpha value is -4.50. The number of nitriles is 1. The topological polar surface area (TPSA) is 184 Å². The van der Waals surface area contributed by atoms with Crippen LogP contribution in [0, 0.1) is 18.3 Å². The van der Waals surface area contributed by atoms with Crippen molar-refractivity contribution in [2.45, 2.75) is 51.2 Å². The van der Waals surface area contributed by atoms with Gasteiger partial charge in [-0.15, -0.1) is 0 Å². The Balaban J connectivity index is 1.69. The second-order valence-corrected chi connectivity index (χ2v) is 8.79. The van der Waals surface area contributed by atoms with Crippen molar-refractivity contribution in [2.75, 3.05) is 17.7 Å². The fourth-order valence-corrected chi connectivity index (χ4v) is 4.08. The third-order valence-electron chi connectivity index (χ3n) is 6.07. The van der Waals surface area contributed by atoms with Crippen LogP contribution in [0.3, 0.4) is 0 Å². The molecule has 0 aliphatic carbocycles. The van der Waals surface area contributed by atoms with Gasteiger partial charge in [0.15, 0.2) is 0 Å². The molecule has 2 amide bonds. The summed E-state index contributed by atoms with van der Waals surface area (Å²) in [7, 11) is 1.27. The number of nitrogens with one attached hydrogen (secondary N) is 4. The maximum Gasteiger partial charge on any atom is 0.411 e. The standard InChI is InChI=1S/C25H29N9O3/c1-14-11-29-16(12-28-14)13-30-24(35)19-6-4-3-5-18(27)23-33-21(10-26)22(34-23)17-8-7-15(9-20(17)32-19)31-25(36)37-2/h7-9,11-12,18-19,32H,3-6,13,27H2,1-2H3,(H,30,35)(H,31,36)(H,33,34)/t18-,19+/m0/s1. The Bertz CT molecular complexity index is 1310. The molecule has 0 saturated carbocycles. The van der Waals surface area contributed by atoms with Gasteiger partial charge in [0.2, 0.25) is 5.91 Å².